The molecule has 1 aromatic heterocycles. The molecule has 7 nitrogen and oxygen atoms in total. The van der Waals surface area contributed by atoms with Crippen LogP contribution in [0.2, 0.25) is 0 Å². The average Bonchev–Trinajstić information content (AvgIpc) is 3.33. The van der Waals surface area contributed by atoms with Gasteiger partial charge in [-0.25, -0.2) is 8.42 Å². The number of hydrogen-bond donors (Lipinski definition) is 2. The van der Waals surface area contributed by atoms with E-state index in [1.54, 1.807) is 41.8 Å². The molecule has 1 amide bonds. The molecule has 1 fully saturated rings. The van der Waals surface area contributed by atoms with Gasteiger partial charge in [-0.2, -0.15) is 4.31 Å². The Morgan fingerprint density at radius 1 is 1.30 bits per heavy atom. The van der Waals surface area contributed by atoms with E-state index in [-0.39, 0.29) is 22.5 Å². The summed E-state index contributed by atoms with van der Waals surface area (Å²) in [6.07, 6.45) is 1.17. The molecule has 3 rings (SSSR count). The van der Waals surface area contributed by atoms with Gasteiger partial charge in [-0.1, -0.05) is 6.07 Å². The van der Waals surface area contributed by atoms with Crippen molar-refractivity contribution >= 4 is 45.4 Å². The average molecular weight is 432 g/mol. The number of sulfonamides is 1. The maximum atomic E-state index is 12.7. The summed E-state index contributed by atoms with van der Waals surface area (Å²) in [5, 5.41) is 4.51. The third-order valence-electron chi connectivity index (χ3n) is 4.07. The second-order valence-electron chi connectivity index (χ2n) is 5.86. The van der Waals surface area contributed by atoms with Gasteiger partial charge in [0, 0.05) is 18.8 Å². The predicted octanol–water partition coefficient (Wildman–Crippen LogP) is 2.30. The third-order valence-corrected chi connectivity index (χ3v) is 7.35. The van der Waals surface area contributed by atoms with Gasteiger partial charge < -0.3 is 15.8 Å². The summed E-state index contributed by atoms with van der Waals surface area (Å²) in [4.78, 5) is 12.6. The van der Waals surface area contributed by atoms with Crippen LogP contribution in [-0.4, -0.2) is 44.4 Å². The predicted molar refractivity (Wildman–Crippen MR) is 108 cm³/mol. The zero-order valence-corrected chi connectivity index (χ0v) is 17.0. The van der Waals surface area contributed by atoms with Crippen LogP contribution in [-0.2, 0) is 14.8 Å². The summed E-state index contributed by atoms with van der Waals surface area (Å²) >= 11 is 1.16. The fraction of sp³-hybridized carbons (Fsp3) is 0.353. The van der Waals surface area contributed by atoms with Crippen molar-refractivity contribution in [3.63, 3.8) is 0 Å². The van der Waals surface area contributed by atoms with Crippen LogP contribution in [0, 0.1) is 0 Å². The molecule has 1 atom stereocenters. The molecule has 1 aliphatic heterocycles. The minimum absolute atomic E-state index is 0. The molecule has 2 heterocycles. The minimum Gasteiger partial charge on any atom is -0.492 e. The van der Waals surface area contributed by atoms with E-state index in [1.807, 2.05) is 0 Å². The van der Waals surface area contributed by atoms with Crippen molar-refractivity contribution in [2.45, 2.75) is 23.1 Å². The summed E-state index contributed by atoms with van der Waals surface area (Å²) in [5.74, 6) is 0.342. The van der Waals surface area contributed by atoms with Crippen LogP contribution < -0.4 is 15.8 Å². The maximum Gasteiger partial charge on any atom is 0.253 e. The van der Waals surface area contributed by atoms with Crippen LogP contribution >= 0.6 is 23.7 Å². The highest BCUT2D eigenvalue weighted by molar-refractivity contribution is 7.91. The smallest absolute Gasteiger partial charge is 0.253 e. The lowest BCUT2D eigenvalue weighted by molar-refractivity contribution is -0.119. The standard InChI is InChI=1S/C17H21N3O4S2.ClH/c18-9-11-24-14-7-5-13(6-8-14)19-17(21)15-3-1-10-20(15)26(22,23)16-4-2-12-25-16;/h2,4-8,12,15H,1,3,9-11,18H2,(H,19,21);1H. The highest BCUT2D eigenvalue weighted by Gasteiger charge is 2.39. The summed E-state index contributed by atoms with van der Waals surface area (Å²) in [6.45, 7) is 1.20. The Bertz CT molecular complexity index is 842. The zero-order chi connectivity index (χ0) is 18.6. The molecular formula is C17H22ClN3O4S2. The van der Waals surface area contributed by atoms with Gasteiger partial charge >= 0.3 is 0 Å². The molecule has 0 radical (unpaired) electrons. The minimum atomic E-state index is -3.64. The summed E-state index contributed by atoms with van der Waals surface area (Å²) < 4.78 is 32.4. The van der Waals surface area contributed by atoms with E-state index in [0.717, 1.165) is 11.3 Å². The lowest BCUT2D eigenvalue weighted by atomic mass is 10.2. The Kier molecular flexibility index (Phi) is 7.63. The van der Waals surface area contributed by atoms with Crippen molar-refractivity contribution in [3.8, 4) is 5.75 Å². The molecule has 1 aliphatic rings. The van der Waals surface area contributed by atoms with Gasteiger partial charge in [0.15, 0.2) is 0 Å². The third kappa shape index (κ3) is 4.99. The molecule has 148 valence electrons. The van der Waals surface area contributed by atoms with Crippen LogP contribution in [0.25, 0.3) is 0 Å². The summed E-state index contributed by atoms with van der Waals surface area (Å²) in [5.41, 5.74) is 5.98. The van der Waals surface area contributed by atoms with Crippen molar-refractivity contribution in [2.24, 2.45) is 5.73 Å². The maximum absolute atomic E-state index is 12.7. The number of benzene rings is 1. The van der Waals surface area contributed by atoms with E-state index in [2.05, 4.69) is 5.32 Å². The van der Waals surface area contributed by atoms with Crippen LogP contribution in [0.1, 0.15) is 12.8 Å². The first-order valence-corrected chi connectivity index (χ1v) is 10.6. The van der Waals surface area contributed by atoms with Gasteiger partial charge in [-0.3, -0.25) is 4.79 Å². The quantitative estimate of drug-likeness (QED) is 0.700. The number of thiophene rings is 1. The number of amides is 1. The molecule has 0 saturated carbocycles. The number of rotatable bonds is 7. The zero-order valence-electron chi connectivity index (χ0n) is 14.5. The van der Waals surface area contributed by atoms with Crippen molar-refractivity contribution in [3.05, 3.63) is 41.8 Å². The van der Waals surface area contributed by atoms with E-state index in [1.165, 1.54) is 4.31 Å². The van der Waals surface area contributed by atoms with Gasteiger partial charge in [0.1, 0.15) is 22.6 Å². The fourth-order valence-electron chi connectivity index (χ4n) is 2.85. The number of nitrogens with one attached hydrogen (secondary N) is 1. The highest BCUT2D eigenvalue weighted by atomic mass is 35.5. The summed E-state index contributed by atoms with van der Waals surface area (Å²) in [7, 11) is -3.64. The van der Waals surface area contributed by atoms with E-state index in [0.29, 0.717) is 44.0 Å². The number of carbonyl (C=O) groups excluding carboxylic acids is 1. The molecule has 1 unspecified atom stereocenters. The van der Waals surface area contributed by atoms with Gasteiger partial charge in [0.05, 0.1) is 0 Å². The second kappa shape index (κ2) is 9.52. The van der Waals surface area contributed by atoms with E-state index < -0.39 is 16.1 Å². The number of nitrogens with two attached hydrogens (primary N) is 1. The Morgan fingerprint density at radius 3 is 2.67 bits per heavy atom. The van der Waals surface area contributed by atoms with Crippen LogP contribution in [0.4, 0.5) is 5.69 Å². The Labute approximate surface area is 169 Å². The van der Waals surface area contributed by atoms with E-state index >= 15 is 0 Å². The number of halogens is 1. The number of ether oxygens (including phenoxy) is 1. The molecule has 27 heavy (non-hydrogen) atoms. The lowest BCUT2D eigenvalue weighted by Crippen LogP contribution is -2.42. The Hall–Kier alpha value is -1.65. The number of hydrogen-bond acceptors (Lipinski definition) is 6. The van der Waals surface area contributed by atoms with Gasteiger partial charge in [-0.15, -0.1) is 23.7 Å². The van der Waals surface area contributed by atoms with Crippen LogP contribution in [0.15, 0.2) is 46.0 Å². The molecule has 10 heteroatoms. The van der Waals surface area contributed by atoms with Gasteiger partial charge in [0.25, 0.3) is 10.0 Å². The first-order chi connectivity index (χ1) is 12.5. The van der Waals surface area contributed by atoms with Crippen LogP contribution in [0.5, 0.6) is 5.75 Å². The number of carbonyl (C=O) groups is 1. The summed E-state index contributed by atoms with van der Waals surface area (Å²) in [6, 6.07) is 9.47. The lowest BCUT2D eigenvalue weighted by Gasteiger charge is -2.22. The first kappa shape index (κ1) is 21.6. The van der Waals surface area contributed by atoms with Gasteiger partial charge in [0.2, 0.25) is 5.91 Å². The molecule has 0 spiro atoms. The molecule has 3 N–H and O–H groups in total. The van der Waals surface area contributed by atoms with Crippen LogP contribution in [0.3, 0.4) is 0 Å². The molecule has 0 aliphatic carbocycles. The van der Waals surface area contributed by atoms with E-state index in [9.17, 15) is 13.2 Å². The monoisotopic (exact) mass is 431 g/mol. The van der Waals surface area contributed by atoms with Gasteiger partial charge in [-0.05, 0) is 48.6 Å². The second-order valence-corrected chi connectivity index (χ2v) is 8.92. The molecule has 0 bridgehead atoms. The van der Waals surface area contributed by atoms with Crippen molar-refractivity contribution < 1.29 is 17.9 Å². The number of anilines is 1. The highest BCUT2D eigenvalue weighted by Crippen LogP contribution is 2.29. The largest absolute Gasteiger partial charge is 0.492 e. The van der Waals surface area contributed by atoms with E-state index in [4.69, 9.17) is 10.5 Å². The molecule has 1 aromatic carbocycles. The number of nitrogens with zero attached hydrogens (tertiary/aromatic N) is 1. The first-order valence-electron chi connectivity index (χ1n) is 8.31. The molecular weight excluding hydrogens is 410 g/mol. The SMILES string of the molecule is Cl.NCCOc1ccc(NC(=O)C2CCCN2S(=O)(=O)c2cccs2)cc1. The fourth-order valence-corrected chi connectivity index (χ4v) is 5.63. The molecule has 1 saturated heterocycles. The Balaban J connectivity index is 0.00000261. The Morgan fingerprint density at radius 2 is 2.04 bits per heavy atom. The normalized spacial score (nSPS) is 17.3. The topological polar surface area (TPSA) is 102 Å². The van der Waals surface area contributed by atoms with Crippen molar-refractivity contribution in [1.82, 2.24) is 4.31 Å². The van der Waals surface area contributed by atoms with Crippen molar-refractivity contribution in [2.75, 3.05) is 25.0 Å². The molecule has 2 aromatic rings. The van der Waals surface area contributed by atoms with Crippen molar-refractivity contribution in [1.29, 1.82) is 0 Å².